The number of amides is 2. The van der Waals surface area contributed by atoms with Crippen LogP contribution >= 0.6 is 23.2 Å². The van der Waals surface area contributed by atoms with Gasteiger partial charge in [0.15, 0.2) is 0 Å². The molecule has 0 saturated heterocycles. The topological polar surface area (TPSA) is 86.8 Å². The molecular weight excluding hydrogens is 473 g/mol. The highest BCUT2D eigenvalue weighted by Crippen LogP contribution is 2.33. The van der Waals surface area contributed by atoms with Crippen LogP contribution in [0.2, 0.25) is 10.0 Å². The fraction of sp³-hybridized carbons (Fsp3) is 0.364. The summed E-state index contributed by atoms with van der Waals surface area (Å²) < 4.78 is 26.0. The Morgan fingerprint density at radius 2 is 1.78 bits per heavy atom. The van der Waals surface area contributed by atoms with Crippen LogP contribution in [0.5, 0.6) is 0 Å². The van der Waals surface area contributed by atoms with Crippen LogP contribution in [0, 0.1) is 6.92 Å². The number of sulfonamides is 1. The van der Waals surface area contributed by atoms with Crippen LogP contribution < -0.4 is 9.62 Å². The van der Waals surface area contributed by atoms with Gasteiger partial charge in [-0.15, -0.1) is 0 Å². The van der Waals surface area contributed by atoms with Crippen molar-refractivity contribution in [3.05, 3.63) is 63.6 Å². The summed E-state index contributed by atoms with van der Waals surface area (Å²) >= 11 is 12.3. The van der Waals surface area contributed by atoms with Gasteiger partial charge in [0.25, 0.3) is 0 Å². The number of anilines is 1. The third kappa shape index (κ3) is 6.37. The van der Waals surface area contributed by atoms with E-state index < -0.39 is 28.5 Å². The first-order chi connectivity index (χ1) is 15.0. The molecule has 7 nitrogen and oxygen atoms in total. The van der Waals surface area contributed by atoms with E-state index in [2.05, 4.69) is 5.32 Å². The smallest absolute Gasteiger partial charge is 0.244 e. The first-order valence-electron chi connectivity index (χ1n) is 9.97. The molecular formula is C22H27Cl2N3O4S. The highest BCUT2D eigenvalue weighted by Gasteiger charge is 2.32. The Bertz CT molecular complexity index is 1090. The zero-order valence-electron chi connectivity index (χ0n) is 18.4. The Kier molecular flexibility index (Phi) is 8.95. The molecule has 0 fully saturated rings. The predicted molar refractivity (Wildman–Crippen MR) is 129 cm³/mol. The van der Waals surface area contributed by atoms with Gasteiger partial charge >= 0.3 is 0 Å². The molecule has 2 amide bonds. The number of carbonyl (C=O) groups is 2. The molecule has 2 aromatic rings. The number of nitrogens with one attached hydrogen (secondary N) is 1. The fourth-order valence-corrected chi connectivity index (χ4v) is 4.68. The molecule has 0 aliphatic rings. The minimum atomic E-state index is -3.88. The van der Waals surface area contributed by atoms with Gasteiger partial charge in [-0.3, -0.25) is 13.9 Å². The SMILES string of the molecule is CC[C@H](C(=O)NC)N(Cc1cccc(C)c1)C(=O)CN(c1cccc(Cl)c1Cl)S(C)(=O)=O. The van der Waals surface area contributed by atoms with E-state index in [4.69, 9.17) is 23.2 Å². The van der Waals surface area contributed by atoms with Gasteiger partial charge in [0.05, 0.1) is 22.0 Å². The molecule has 0 saturated carbocycles. The summed E-state index contributed by atoms with van der Waals surface area (Å²) in [5, 5.41) is 2.77. The van der Waals surface area contributed by atoms with Crippen molar-refractivity contribution in [1.29, 1.82) is 0 Å². The van der Waals surface area contributed by atoms with Crippen LogP contribution in [0.15, 0.2) is 42.5 Å². The number of carbonyl (C=O) groups excluding carboxylic acids is 2. The molecule has 0 heterocycles. The Labute approximate surface area is 199 Å². The third-order valence-corrected chi connectivity index (χ3v) is 6.88. The molecule has 2 rings (SSSR count). The number of likely N-dealkylation sites (N-methyl/N-ethyl adjacent to an activating group) is 1. The number of rotatable bonds is 9. The second kappa shape index (κ2) is 11.0. The first kappa shape index (κ1) is 26.0. The summed E-state index contributed by atoms with van der Waals surface area (Å²) in [6, 6.07) is 11.3. The lowest BCUT2D eigenvalue weighted by molar-refractivity contribution is -0.140. The number of benzene rings is 2. The molecule has 0 bridgehead atoms. The zero-order chi connectivity index (χ0) is 24.1. The van der Waals surface area contributed by atoms with E-state index in [0.29, 0.717) is 6.42 Å². The molecule has 0 radical (unpaired) electrons. The normalized spacial score (nSPS) is 12.2. The summed E-state index contributed by atoms with van der Waals surface area (Å²) in [7, 11) is -2.39. The van der Waals surface area contributed by atoms with E-state index in [1.165, 1.54) is 24.1 Å². The van der Waals surface area contributed by atoms with Gasteiger partial charge in [-0.2, -0.15) is 0 Å². The van der Waals surface area contributed by atoms with Crippen LogP contribution in [0.4, 0.5) is 5.69 Å². The van der Waals surface area contributed by atoms with Gasteiger partial charge < -0.3 is 10.2 Å². The van der Waals surface area contributed by atoms with E-state index in [-0.39, 0.29) is 28.2 Å². The lowest BCUT2D eigenvalue weighted by atomic mass is 10.1. The molecule has 0 spiro atoms. The molecule has 2 aromatic carbocycles. The highest BCUT2D eigenvalue weighted by molar-refractivity contribution is 7.92. The molecule has 10 heteroatoms. The maximum absolute atomic E-state index is 13.4. The van der Waals surface area contributed by atoms with Crippen molar-refractivity contribution in [2.45, 2.75) is 32.9 Å². The standard InChI is InChI=1S/C22H27Cl2N3O4S/c1-5-18(22(29)25-3)26(13-16-9-6-8-15(2)12-16)20(28)14-27(32(4,30)31)19-11-7-10-17(23)21(19)24/h6-12,18H,5,13-14H2,1-4H3,(H,25,29)/t18-/m1/s1. The van der Waals surface area contributed by atoms with Crippen molar-refractivity contribution in [2.75, 3.05) is 24.2 Å². The average molecular weight is 500 g/mol. The van der Waals surface area contributed by atoms with Crippen molar-refractivity contribution in [3.63, 3.8) is 0 Å². The van der Waals surface area contributed by atoms with Gasteiger partial charge in [0, 0.05) is 13.6 Å². The summed E-state index contributed by atoms with van der Waals surface area (Å²) in [5.41, 5.74) is 1.93. The lowest BCUT2D eigenvalue weighted by Gasteiger charge is -2.32. The quantitative estimate of drug-likeness (QED) is 0.570. The van der Waals surface area contributed by atoms with Crippen LogP contribution in [0.3, 0.4) is 0 Å². The monoisotopic (exact) mass is 499 g/mol. The predicted octanol–water partition coefficient (Wildman–Crippen LogP) is 3.62. The number of nitrogens with zero attached hydrogens (tertiary/aromatic N) is 2. The molecule has 1 atom stereocenters. The van der Waals surface area contributed by atoms with E-state index >= 15 is 0 Å². The van der Waals surface area contributed by atoms with Gasteiger partial charge in [0.2, 0.25) is 21.8 Å². The summed E-state index contributed by atoms with van der Waals surface area (Å²) in [6.45, 7) is 3.34. The van der Waals surface area contributed by atoms with Gasteiger partial charge in [0.1, 0.15) is 12.6 Å². The van der Waals surface area contributed by atoms with Crippen LogP contribution in [-0.4, -0.2) is 51.0 Å². The van der Waals surface area contributed by atoms with E-state index in [0.717, 1.165) is 21.7 Å². The maximum Gasteiger partial charge on any atom is 0.244 e. The zero-order valence-corrected chi connectivity index (χ0v) is 20.8. The minimum absolute atomic E-state index is 0.0240. The van der Waals surface area contributed by atoms with Gasteiger partial charge in [-0.05, 0) is 31.0 Å². The molecule has 0 aliphatic carbocycles. The van der Waals surface area contributed by atoms with Crippen molar-refractivity contribution in [3.8, 4) is 0 Å². The molecule has 174 valence electrons. The summed E-state index contributed by atoms with van der Waals surface area (Å²) in [6.07, 6.45) is 1.34. The second-order valence-electron chi connectivity index (χ2n) is 7.39. The summed E-state index contributed by atoms with van der Waals surface area (Å²) in [5.74, 6) is -0.872. The third-order valence-electron chi connectivity index (χ3n) is 4.95. The molecule has 0 aromatic heterocycles. The average Bonchev–Trinajstić information content (AvgIpc) is 2.73. The van der Waals surface area contributed by atoms with Crippen molar-refractivity contribution in [1.82, 2.24) is 10.2 Å². The fourth-order valence-electron chi connectivity index (χ4n) is 3.37. The van der Waals surface area contributed by atoms with E-state index in [9.17, 15) is 18.0 Å². The van der Waals surface area contributed by atoms with Crippen molar-refractivity contribution >= 4 is 50.7 Å². The largest absolute Gasteiger partial charge is 0.357 e. The molecule has 1 N–H and O–H groups in total. The minimum Gasteiger partial charge on any atom is -0.357 e. The van der Waals surface area contributed by atoms with Gasteiger partial charge in [-0.1, -0.05) is 66.0 Å². The Morgan fingerprint density at radius 1 is 1.12 bits per heavy atom. The Balaban J connectivity index is 2.48. The highest BCUT2D eigenvalue weighted by atomic mass is 35.5. The Hall–Kier alpha value is -2.29. The number of hydrogen-bond donors (Lipinski definition) is 1. The lowest BCUT2D eigenvalue weighted by Crippen LogP contribution is -2.51. The number of halogens is 2. The second-order valence-corrected chi connectivity index (χ2v) is 10.1. The molecule has 0 aliphatic heterocycles. The van der Waals surface area contributed by atoms with E-state index in [1.54, 1.807) is 13.0 Å². The van der Waals surface area contributed by atoms with Crippen LogP contribution in [0.1, 0.15) is 24.5 Å². The maximum atomic E-state index is 13.4. The number of hydrogen-bond acceptors (Lipinski definition) is 4. The Morgan fingerprint density at radius 3 is 2.34 bits per heavy atom. The van der Waals surface area contributed by atoms with Gasteiger partial charge in [-0.25, -0.2) is 8.42 Å². The molecule has 0 unspecified atom stereocenters. The van der Waals surface area contributed by atoms with Crippen LogP contribution in [0.25, 0.3) is 0 Å². The molecule has 32 heavy (non-hydrogen) atoms. The van der Waals surface area contributed by atoms with Crippen molar-refractivity contribution in [2.24, 2.45) is 0 Å². The van der Waals surface area contributed by atoms with Crippen LogP contribution in [-0.2, 0) is 26.2 Å². The summed E-state index contributed by atoms with van der Waals surface area (Å²) in [4.78, 5) is 27.4. The number of aryl methyl sites for hydroxylation is 1. The van der Waals surface area contributed by atoms with Crippen molar-refractivity contribution < 1.29 is 18.0 Å². The van der Waals surface area contributed by atoms with E-state index in [1.807, 2.05) is 31.2 Å². The first-order valence-corrected chi connectivity index (χ1v) is 12.6.